The highest BCUT2D eigenvalue weighted by Crippen LogP contribution is 2.22. The van der Waals surface area contributed by atoms with Crippen LogP contribution in [0.3, 0.4) is 0 Å². The second-order valence-corrected chi connectivity index (χ2v) is 7.69. The van der Waals surface area contributed by atoms with Crippen molar-refractivity contribution < 1.29 is 9.21 Å². The molecule has 2 N–H and O–H groups in total. The van der Waals surface area contributed by atoms with Gasteiger partial charge in [0.2, 0.25) is 0 Å². The van der Waals surface area contributed by atoms with E-state index in [1.165, 1.54) is 16.7 Å². The van der Waals surface area contributed by atoms with Gasteiger partial charge >= 0.3 is 5.91 Å². The number of hydrogen-bond acceptors (Lipinski definition) is 5. The Kier molecular flexibility index (Phi) is 5.03. The molecule has 154 valence electrons. The number of furan rings is 1. The second kappa shape index (κ2) is 7.67. The van der Waals surface area contributed by atoms with E-state index in [0.29, 0.717) is 12.2 Å². The van der Waals surface area contributed by atoms with E-state index in [2.05, 4.69) is 53.0 Å². The molecule has 0 fully saturated rings. The number of amides is 1. The van der Waals surface area contributed by atoms with Crippen molar-refractivity contribution in [3.8, 4) is 0 Å². The van der Waals surface area contributed by atoms with Gasteiger partial charge in [-0.2, -0.15) is 5.10 Å². The number of pyridine rings is 1. The Bertz CT molecular complexity index is 1250. The van der Waals surface area contributed by atoms with Gasteiger partial charge in [-0.05, 0) is 62.6 Å². The third kappa shape index (κ3) is 3.78. The molecule has 0 aliphatic carbocycles. The van der Waals surface area contributed by atoms with Crippen molar-refractivity contribution in [1.82, 2.24) is 20.2 Å². The van der Waals surface area contributed by atoms with Crippen LogP contribution in [0.25, 0.3) is 11.0 Å². The first kappa shape index (κ1) is 19.7. The fourth-order valence-electron chi connectivity index (χ4n) is 3.52. The van der Waals surface area contributed by atoms with Crippen molar-refractivity contribution in [3.05, 3.63) is 75.9 Å². The molecule has 7 nitrogen and oxygen atoms in total. The van der Waals surface area contributed by atoms with Crippen molar-refractivity contribution in [1.29, 1.82) is 0 Å². The molecule has 0 spiro atoms. The first-order chi connectivity index (χ1) is 14.3. The second-order valence-electron chi connectivity index (χ2n) is 7.69. The van der Waals surface area contributed by atoms with Gasteiger partial charge in [0.25, 0.3) is 0 Å². The number of rotatable bonds is 5. The molecule has 0 aliphatic heterocycles. The largest absolute Gasteiger partial charge is 0.456 e. The Hall–Kier alpha value is -3.61. The number of aromatic nitrogens is 3. The summed E-state index contributed by atoms with van der Waals surface area (Å²) >= 11 is 0. The average molecular weight is 403 g/mol. The quantitative estimate of drug-likeness (QED) is 0.489. The van der Waals surface area contributed by atoms with Gasteiger partial charge in [0.1, 0.15) is 11.6 Å². The van der Waals surface area contributed by atoms with Crippen molar-refractivity contribution in [2.24, 2.45) is 7.05 Å². The molecule has 1 amide bonds. The number of nitrogens with zero attached hydrogens (tertiary/aromatic N) is 3. The SMILES string of the molecule is Cc1ccc(C)c(Cc2ccc(C(=O)NNc3nc4c(cc3C)c(C)nn4C)o2)c1. The number of benzene rings is 1. The molecule has 0 aliphatic rings. The Morgan fingerprint density at radius 1 is 1.07 bits per heavy atom. The van der Waals surface area contributed by atoms with Crippen LogP contribution in [0.15, 0.2) is 40.8 Å². The van der Waals surface area contributed by atoms with E-state index in [1.54, 1.807) is 10.7 Å². The van der Waals surface area contributed by atoms with Crippen molar-refractivity contribution >= 4 is 22.8 Å². The summed E-state index contributed by atoms with van der Waals surface area (Å²) in [5, 5.41) is 5.38. The number of nitrogens with one attached hydrogen (secondary N) is 2. The van der Waals surface area contributed by atoms with E-state index >= 15 is 0 Å². The van der Waals surface area contributed by atoms with Crippen LogP contribution in [0.1, 0.15) is 44.3 Å². The summed E-state index contributed by atoms with van der Waals surface area (Å²) in [7, 11) is 1.85. The zero-order valence-corrected chi connectivity index (χ0v) is 17.8. The van der Waals surface area contributed by atoms with Gasteiger partial charge < -0.3 is 4.42 Å². The zero-order valence-electron chi connectivity index (χ0n) is 17.8. The molecule has 0 atom stereocenters. The van der Waals surface area contributed by atoms with Crippen LogP contribution < -0.4 is 10.9 Å². The summed E-state index contributed by atoms with van der Waals surface area (Å²) < 4.78 is 7.49. The Morgan fingerprint density at radius 2 is 1.87 bits per heavy atom. The van der Waals surface area contributed by atoms with Crippen LogP contribution in [0.4, 0.5) is 5.82 Å². The van der Waals surface area contributed by atoms with Crippen molar-refractivity contribution in [2.75, 3.05) is 5.43 Å². The Balaban J connectivity index is 1.46. The van der Waals surface area contributed by atoms with Gasteiger partial charge in [0, 0.05) is 18.9 Å². The first-order valence-electron chi connectivity index (χ1n) is 9.84. The highest BCUT2D eigenvalue weighted by molar-refractivity contribution is 5.92. The van der Waals surface area contributed by atoms with Crippen LogP contribution in [0, 0.1) is 27.7 Å². The van der Waals surface area contributed by atoms with E-state index in [-0.39, 0.29) is 11.7 Å². The molecule has 0 unspecified atom stereocenters. The molecule has 0 bridgehead atoms. The monoisotopic (exact) mass is 403 g/mol. The maximum absolute atomic E-state index is 12.5. The highest BCUT2D eigenvalue weighted by Gasteiger charge is 2.14. The lowest BCUT2D eigenvalue weighted by atomic mass is 10.0. The van der Waals surface area contributed by atoms with E-state index in [1.807, 2.05) is 33.0 Å². The number of carbonyl (C=O) groups is 1. The fraction of sp³-hybridized carbons (Fsp3) is 0.261. The van der Waals surface area contributed by atoms with E-state index < -0.39 is 0 Å². The Morgan fingerprint density at radius 3 is 2.67 bits per heavy atom. The smallest absolute Gasteiger partial charge is 0.305 e. The molecular weight excluding hydrogens is 378 g/mol. The van der Waals surface area contributed by atoms with Crippen LogP contribution >= 0.6 is 0 Å². The predicted octanol–water partition coefficient (Wildman–Crippen LogP) is 4.14. The van der Waals surface area contributed by atoms with E-state index in [0.717, 1.165) is 28.1 Å². The number of carbonyl (C=O) groups excluding carboxylic acids is 1. The lowest BCUT2D eigenvalue weighted by Crippen LogP contribution is -2.30. The van der Waals surface area contributed by atoms with Gasteiger partial charge in [0.15, 0.2) is 11.4 Å². The van der Waals surface area contributed by atoms with Gasteiger partial charge in [-0.3, -0.25) is 20.3 Å². The standard InChI is InChI=1S/C23H25N5O2/c1-13-6-7-14(2)17(10-13)12-18-8-9-20(30-18)23(29)26-25-21-15(3)11-19-16(4)27-28(5)22(19)24-21/h6-11H,12H2,1-5H3,(H,24,25)(H,26,29). The van der Waals surface area contributed by atoms with E-state index in [9.17, 15) is 4.79 Å². The van der Waals surface area contributed by atoms with Crippen LogP contribution in [0.2, 0.25) is 0 Å². The molecule has 1 aromatic carbocycles. The normalized spacial score (nSPS) is 11.1. The zero-order chi connectivity index (χ0) is 21.4. The Labute approximate surface area is 175 Å². The molecule has 3 aromatic heterocycles. The fourth-order valence-corrected chi connectivity index (χ4v) is 3.52. The molecule has 3 heterocycles. The van der Waals surface area contributed by atoms with Crippen LogP contribution in [-0.2, 0) is 13.5 Å². The lowest BCUT2D eigenvalue weighted by molar-refractivity contribution is 0.0933. The summed E-state index contributed by atoms with van der Waals surface area (Å²) in [5.74, 6) is 1.21. The molecular formula is C23H25N5O2. The summed E-state index contributed by atoms with van der Waals surface area (Å²) in [6, 6.07) is 11.9. The average Bonchev–Trinajstić information content (AvgIpc) is 3.27. The predicted molar refractivity (Wildman–Crippen MR) is 117 cm³/mol. The number of hydrogen-bond donors (Lipinski definition) is 2. The molecule has 30 heavy (non-hydrogen) atoms. The van der Waals surface area contributed by atoms with Crippen LogP contribution in [-0.4, -0.2) is 20.7 Å². The van der Waals surface area contributed by atoms with Crippen molar-refractivity contribution in [3.63, 3.8) is 0 Å². The highest BCUT2D eigenvalue weighted by atomic mass is 16.4. The molecule has 4 aromatic rings. The third-order valence-corrected chi connectivity index (χ3v) is 5.24. The topological polar surface area (TPSA) is 85.0 Å². The van der Waals surface area contributed by atoms with Crippen LogP contribution in [0.5, 0.6) is 0 Å². The summed E-state index contributed by atoms with van der Waals surface area (Å²) in [6.45, 7) is 8.02. The van der Waals surface area contributed by atoms with Crippen molar-refractivity contribution in [2.45, 2.75) is 34.1 Å². The van der Waals surface area contributed by atoms with E-state index in [4.69, 9.17) is 4.42 Å². The number of aryl methyl sites for hydroxylation is 5. The maximum Gasteiger partial charge on any atom is 0.305 e. The molecule has 0 saturated heterocycles. The molecule has 0 radical (unpaired) electrons. The maximum atomic E-state index is 12.5. The summed E-state index contributed by atoms with van der Waals surface area (Å²) in [6.07, 6.45) is 0.644. The summed E-state index contributed by atoms with van der Waals surface area (Å²) in [5.41, 5.74) is 11.8. The molecule has 4 rings (SSSR count). The number of anilines is 1. The van der Waals surface area contributed by atoms with Gasteiger partial charge in [-0.1, -0.05) is 23.8 Å². The summed E-state index contributed by atoms with van der Waals surface area (Å²) in [4.78, 5) is 17.1. The van der Waals surface area contributed by atoms with Gasteiger partial charge in [0.05, 0.1) is 5.69 Å². The minimum Gasteiger partial charge on any atom is -0.456 e. The molecule has 0 saturated carbocycles. The minimum atomic E-state index is -0.357. The lowest BCUT2D eigenvalue weighted by Gasteiger charge is -2.10. The number of hydrazine groups is 1. The third-order valence-electron chi connectivity index (χ3n) is 5.24. The number of fused-ring (bicyclic) bond motifs is 1. The molecule has 7 heteroatoms. The first-order valence-corrected chi connectivity index (χ1v) is 9.84. The minimum absolute atomic E-state index is 0.248. The van der Waals surface area contributed by atoms with Gasteiger partial charge in [-0.15, -0.1) is 0 Å². The van der Waals surface area contributed by atoms with Gasteiger partial charge in [-0.25, -0.2) is 4.98 Å².